The van der Waals surface area contributed by atoms with Gasteiger partial charge in [0.1, 0.15) is 0 Å². The molecule has 1 aromatic rings. The lowest BCUT2D eigenvalue weighted by Gasteiger charge is -2.48. The molecule has 2 heteroatoms. The average Bonchev–Trinajstić information content (AvgIpc) is 2.25. The molecule has 0 saturated carbocycles. The van der Waals surface area contributed by atoms with Crippen LogP contribution in [0.1, 0.15) is 32.4 Å². The van der Waals surface area contributed by atoms with E-state index in [1.165, 1.54) is 5.56 Å². The second kappa shape index (κ2) is 3.69. The van der Waals surface area contributed by atoms with Crippen molar-refractivity contribution in [1.29, 1.82) is 0 Å². The molecule has 1 aliphatic rings. The minimum Gasteiger partial charge on any atom is -0.332 e. The molecule has 2 nitrogen and oxygen atoms in total. The molecule has 1 saturated heterocycles. The van der Waals surface area contributed by atoms with E-state index in [1.807, 2.05) is 30.0 Å². The summed E-state index contributed by atoms with van der Waals surface area (Å²) >= 11 is 0. The maximum Gasteiger partial charge on any atom is 0.228 e. The monoisotopic (exact) mass is 203 g/mol. The van der Waals surface area contributed by atoms with Gasteiger partial charge in [0.25, 0.3) is 0 Å². The average molecular weight is 203 g/mol. The fourth-order valence-corrected chi connectivity index (χ4v) is 2.34. The fraction of sp³-hybridized carbons (Fsp3) is 0.462. The number of carbonyl (C=O) groups is 1. The molecular formula is C13H17NO. The Morgan fingerprint density at radius 3 is 2.33 bits per heavy atom. The standard InChI is InChI=1S/C13H17NO/c1-9(2)14-12(10(3)13(14)15)11-7-5-4-6-8-11/h4-10,12H,1-3H3/t10-,12+/m1/s1. The van der Waals surface area contributed by atoms with Crippen LogP contribution in [0.15, 0.2) is 30.3 Å². The van der Waals surface area contributed by atoms with Gasteiger partial charge in [-0.1, -0.05) is 37.3 Å². The highest BCUT2D eigenvalue weighted by Gasteiger charge is 2.45. The van der Waals surface area contributed by atoms with Crippen LogP contribution in [0.25, 0.3) is 0 Å². The van der Waals surface area contributed by atoms with Crippen LogP contribution in [0.5, 0.6) is 0 Å². The SMILES string of the molecule is CC(C)N1C(=O)[C@H](C)[C@H]1c1ccccc1. The molecule has 80 valence electrons. The quantitative estimate of drug-likeness (QED) is 0.677. The minimum absolute atomic E-state index is 0.134. The molecule has 1 aliphatic heterocycles. The zero-order chi connectivity index (χ0) is 11.0. The van der Waals surface area contributed by atoms with Crippen LogP contribution in [0, 0.1) is 5.92 Å². The molecule has 1 aromatic carbocycles. The lowest BCUT2D eigenvalue weighted by atomic mass is 9.83. The number of likely N-dealkylation sites (tertiary alicyclic amines) is 1. The summed E-state index contributed by atoms with van der Waals surface area (Å²) in [4.78, 5) is 13.7. The normalized spacial score (nSPS) is 25.6. The summed E-state index contributed by atoms with van der Waals surface area (Å²) in [6.07, 6.45) is 0. The van der Waals surface area contributed by atoms with Gasteiger partial charge >= 0.3 is 0 Å². The highest BCUT2D eigenvalue weighted by atomic mass is 16.2. The first-order chi connectivity index (χ1) is 7.13. The Morgan fingerprint density at radius 1 is 1.20 bits per heavy atom. The van der Waals surface area contributed by atoms with E-state index in [9.17, 15) is 4.79 Å². The second-order valence-electron chi connectivity index (χ2n) is 4.48. The Bertz CT molecular complexity index is 358. The first-order valence-corrected chi connectivity index (χ1v) is 5.50. The molecule has 0 N–H and O–H groups in total. The number of amides is 1. The van der Waals surface area contributed by atoms with Crippen LogP contribution in [-0.4, -0.2) is 16.8 Å². The van der Waals surface area contributed by atoms with Gasteiger partial charge in [0.15, 0.2) is 0 Å². The summed E-state index contributed by atoms with van der Waals surface area (Å²) < 4.78 is 0. The van der Waals surface area contributed by atoms with E-state index >= 15 is 0 Å². The van der Waals surface area contributed by atoms with E-state index in [0.29, 0.717) is 6.04 Å². The van der Waals surface area contributed by atoms with Crippen molar-refractivity contribution in [2.45, 2.75) is 32.9 Å². The molecule has 2 rings (SSSR count). The summed E-state index contributed by atoms with van der Waals surface area (Å²) in [5, 5.41) is 0. The first kappa shape index (κ1) is 10.2. The molecule has 15 heavy (non-hydrogen) atoms. The van der Waals surface area contributed by atoms with Gasteiger partial charge in [-0.05, 0) is 19.4 Å². The lowest BCUT2D eigenvalue weighted by molar-refractivity contribution is -0.158. The number of hydrogen-bond acceptors (Lipinski definition) is 1. The second-order valence-corrected chi connectivity index (χ2v) is 4.48. The molecule has 1 heterocycles. The van der Waals surface area contributed by atoms with Crippen molar-refractivity contribution in [3.63, 3.8) is 0 Å². The highest BCUT2D eigenvalue weighted by molar-refractivity contribution is 5.86. The van der Waals surface area contributed by atoms with E-state index in [0.717, 1.165) is 0 Å². The van der Waals surface area contributed by atoms with Crippen molar-refractivity contribution in [2.75, 3.05) is 0 Å². The van der Waals surface area contributed by atoms with E-state index in [-0.39, 0.29) is 17.9 Å². The van der Waals surface area contributed by atoms with Gasteiger partial charge in [0.2, 0.25) is 5.91 Å². The Kier molecular flexibility index (Phi) is 2.51. The third kappa shape index (κ3) is 1.54. The van der Waals surface area contributed by atoms with Crippen molar-refractivity contribution in [3.05, 3.63) is 35.9 Å². The number of β-lactam (4-membered cyclic amide) rings is 1. The van der Waals surface area contributed by atoms with Crippen molar-refractivity contribution in [1.82, 2.24) is 4.90 Å². The summed E-state index contributed by atoms with van der Waals surface area (Å²) in [6, 6.07) is 10.8. The molecule has 0 spiro atoms. The molecule has 1 amide bonds. The zero-order valence-electron chi connectivity index (χ0n) is 9.47. The maximum atomic E-state index is 11.7. The van der Waals surface area contributed by atoms with Crippen molar-refractivity contribution in [2.24, 2.45) is 5.92 Å². The number of benzene rings is 1. The van der Waals surface area contributed by atoms with E-state index < -0.39 is 0 Å². The summed E-state index contributed by atoms with van der Waals surface area (Å²) in [7, 11) is 0. The van der Waals surface area contributed by atoms with Crippen LogP contribution < -0.4 is 0 Å². The molecular weight excluding hydrogens is 186 g/mol. The molecule has 0 aliphatic carbocycles. The van der Waals surface area contributed by atoms with E-state index in [4.69, 9.17) is 0 Å². The molecule has 0 aromatic heterocycles. The van der Waals surface area contributed by atoms with Gasteiger partial charge < -0.3 is 4.90 Å². The number of hydrogen-bond donors (Lipinski definition) is 0. The largest absolute Gasteiger partial charge is 0.332 e. The van der Waals surface area contributed by atoms with Crippen LogP contribution in [-0.2, 0) is 4.79 Å². The number of carbonyl (C=O) groups excluding carboxylic acids is 1. The summed E-state index contributed by atoms with van der Waals surface area (Å²) in [5.74, 6) is 0.411. The predicted molar refractivity (Wildman–Crippen MR) is 60.3 cm³/mol. The third-order valence-corrected chi connectivity index (χ3v) is 3.11. The molecule has 0 unspecified atom stereocenters. The Hall–Kier alpha value is -1.31. The zero-order valence-corrected chi connectivity index (χ0v) is 9.47. The van der Waals surface area contributed by atoms with Crippen LogP contribution in [0.3, 0.4) is 0 Å². The van der Waals surface area contributed by atoms with Crippen molar-refractivity contribution < 1.29 is 4.79 Å². The van der Waals surface area contributed by atoms with Crippen LogP contribution in [0.2, 0.25) is 0 Å². The third-order valence-electron chi connectivity index (χ3n) is 3.11. The van der Waals surface area contributed by atoms with Gasteiger partial charge in [0.05, 0.1) is 12.0 Å². The van der Waals surface area contributed by atoms with Crippen molar-refractivity contribution in [3.8, 4) is 0 Å². The number of rotatable bonds is 2. The van der Waals surface area contributed by atoms with Gasteiger partial charge in [-0.25, -0.2) is 0 Å². The Balaban J connectivity index is 2.26. The Labute approximate surface area is 90.9 Å². The molecule has 2 atom stereocenters. The highest BCUT2D eigenvalue weighted by Crippen LogP contribution is 2.40. The summed E-state index contributed by atoms with van der Waals surface area (Å²) in [6.45, 7) is 6.15. The predicted octanol–water partition coefficient (Wildman–Crippen LogP) is 2.61. The molecule has 0 radical (unpaired) electrons. The van der Waals surface area contributed by atoms with E-state index in [2.05, 4.69) is 26.0 Å². The van der Waals surface area contributed by atoms with Crippen LogP contribution in [0.4, 0.5) is 0 Å². The van der Waals surface area contributed by atoms with Gasteiger partial charge in [-0.2, -0.15) is 0 Å². The van der Waals surface area contributed by atoms with Crippen molar-refractivity contribution >= 4 is 5.91 Å². The van der Waals surface area contributed by atoms with Crippen LogP contribution >= 0.6 is 0 Å². The van der Waals surface area contributed by atoms with E-state index in [1.54, 1.807) is 0 Å². The minimum atomic E-state index is 0.134. The first-order valence-electron chi connectivity index (χ1n) is 5.50. The Morgan fingerprint density at radius 2 is 1.80 bits per heavy atom. The maximum absolute atomic E-state index is 11.7. The molecule has 1 fully saturated rings. The lowest BCUT2D eigenvalue weighted by Crippen LogP contribution is -2.56. The fourth-order valence-electron chi connectivity index (χ4n) is 2.34. The van der Waals surface area contributed by atoms with Gasteiger partial charge in [0, 0.05) is 6.04 Å². The summed E-state index contributed by atoms with van der Waals surface area (Å²) in [5.41, 5.74) is 1.25. The topological polar surface area (TPSA) is 20.3 Å². The smallest absolute Gasteiger partial charge is 0.228 e. The molecule has 0 bridgehead atoms. The number of nitrogens with zero attached hydrogens (tertiary/aromatic N) is 1. The van der Waals surface area contributed by atoms with Gasteiger partial charge in [-0.15, -0.1) is 0 Å². The van der Waals surface area contributed by atoms with Gasteiger partial charge in [-0.3, -0.25) is 4.79 Å².